The second-order valence-corrected chi connectivity index (χ2v) is 15.8. The summed E-state index contributed by atoms with van der Waals surface area (Å²) in [6.07, 6.45) is 7.42. The molecule has 0 aliphatic carbocycles. The summed E-state index contributed by atoms with van der Waals surface area (Å²) in [5, 5.41) is 10.7. The molecule has 4 N–H and O–H groups in total. The van der Waals surface area contributed by atoms with Gasteiger partial charge in [-0.1, -0.05) is 51.2 Å². The van der Waals surface area contributed by atoms with Gasteiger partial charge in [-0.15, -0.1) is 0 Å². The highest BCUT2D eigenvalue weighted by atomic mass is 16.6. The molecule has 0 aliphatic rings. The summed E-state index contributed by atoms with van der Waals surface area (Å²) in [5.41, 5.74) is -2.18. The highest BCUT2D eigenvalue weighted by molar-refractivity contribution is 5.86. The third-order valence-corrected chi connectivity index (χ3v) is 7.08. The minimum Gasteiger partial charge on any atom is -0.461 e. The molecule has 0 aromatic heterocycles. The predicted molar refractivity (Wildman–Crippen MR) is 203 cm³/mol. The molecule has 0 spiro atoms. The van der Waals surface area contributed by atoms with Gasteiger partial charge in [0.05, 0.1) is 0 Å². The Bertz CT molecular complexity index is 1110. The first kappa shape index (κ1) is 49.0. The van der Waals surface area contributed by atoms with Crippen LogP contribution in [0, 0.1) is 0 Å². The molecule has 0 saturated carbocycles. The maximum atomic E-state index is 13.4. The van der Waals surface area contributed by atoms with Gasteiger partial charge in [0.1, 0.15) is 29.5 Å². The number of nitrogens with zero attached hydrogens (tertiary/aromatic N) is 1. The number of hydrogen-bond acceptors (Lipinski definition) is 10. The number of carbonyl (C=O) groups excluding carboxylic acids is 6. The Morgan fingerprint density at radius 1 is 0.604 bits per heavy atom. The number of rotatable bonds is 24. The summed E-state index contributed by atoms with van der Waals surface area (Å²) < 4.78 is 20.9. The zero-order chi connectivity index (χ0) is 40.5. The Balaban J connectivity index is 5.13. The van der Waals surface area contributed by atoms with Gasteiger partial charge in [0.15, 0.2) is 0 Å². The topological polar surface area (TPSA) is 191 Å². The van der Waals surface area contributed by atoms with Crippen LogP contribution in [-0.4, -0.2) is 103 Å². The fourth-order valence-electron chi connectivity index (χ4n) is 4.73. The van der Waals surface area contributed by atoms with Crippen LogP contribution >= 0.6 is 0 Å². The summed E-state index contributed by atoms with van der Waals surface area (Å²) in [6, 6.07) is -1.04. The minimum absolute atomic E-state index is 0.00856. The zero-order valence-electron chi connectivity index (χ0n) is 33.9. The predicted octanol–water partition coefficient (Wildman–Crippen LogP) is 5.89. The molecule has 5 amide bonds. The number of unbranched alkanes of at least 4 members (excludes halogenated alkanes) is 7. The highest BCUT2D eigenvalue weighted by Crippen LogP contribution is 2.12. The van der Waals surface area contributed by atoms with Crippen molar-refractivity contribution in [1.82, 2.24) is 26.2 Å². The summed E-state index contributed by atoms with van der Waals surface area (Å²) in [4.78, 5) is 76.6. The quantitative estimate of drug-likeness (QED) is 0.0400. The molecule has 0 aliphatic heterocycles. The van der Waals surface area contributed by atoms with Gasteiger partial charge in [0, 0.05) is 45.6 Å². The van der Waals surface area contributed by atoms with Crippen molar-refractivity contribution in [3.8, 4) is 0 Å². The Kier molecular flexibility index (Phi) is 23.9. The lowest BCUT2D eigenvalue weighted by Gasteiger charge is -2.26. The van der Waals surface area contributed by atoms with Crippen molar-refractivity contribution < 1.29 is 47.7 Å². The van der Waals surface area contributed by atoms with Gasteiger partial charge >= 0.3 is 24.2 Å². The molecule has 0 aromatic carbocycles. The first-order chi connectivity index (χ1) is 24.6. The molecule has 15 heteroatoms. The van der Waals surface area contributed by atoms with Crippen LogP contribution in [0.4, 0.5) is 14.4 Å². The van der Waals surface area contributed by atoms with Crippen LogP contribution in [-0.2, 0) is 33.3 Å². The van der Waals surface area contributed by atoms with E-state index in [-0.39, 0.29) is 57.5 Å². The number of nitrogens with one attached hydrogen (secondary N) is 4. The lowest BCUT2D eigenvalue weighted by atomic mass is 10.1. The largest absolute Gasteiger partial charge is 0.461 e. The zero-order valence-corrected chi connectivity index (χ0v) is 33.9. The molecular weight excluding hydrogens is 686 g/mol. The number of alkyl carbamates (subject to hydrolysis) is 3. The molecule has 15 nitrogen and oxygen atoms in total. The van der Waals surface area contributed by atoms with E-state index < -0.39 is 47.0 Å². The lowest BCUT2D eigenvalue weighted by Crippen LogP contribution is -2.49. The van der Waals surface area contributed by atoms with Crippen molar-refractivity contribution in [2.45, 2.75) is 156 Å². The first-order valence-corrected chi connectivity index (χ1v) is 18.9. The third kappa shape index (κ3) is 30.2. The van der Waals surface area contributed by atoms with E-state index in [9.17, 15) is 28.8 Å². The van der Waals surface area contributed by atoms with Crippen molar-refractivity contribution in [2.24, 2.45) is 0 Å². The van der Waals surface area contributed by atoms with Gasteiger partial charge in [-0.05, 0) is 81.6 Å². The molecule has 0 saturated heterocycles. The Morgan fingerprint density at radius 2 is 1.06 bits per heavy atom. The standard InChI is InChI=1S/C38H69N5O10/c1-11-28-50-31(45)20-18-16-14-12-13-15-17-19-23-39-32(46)29(42-35(49)53-38(8,9)10)21-22-30(44)43(26-24-40-33(47)51-36(2,3)4)27-25-41-34(48)52-37(5,6)7/h11,29H,1,12-28H2,2-10H3,(H,39,46)(H,40,47)(H,41,48)(H,42,49). The average molecular weight is 756 g/mol. The average Bonchev–Trinajstić information content (AvgIpc) is 3.00. The second-order valence-electron chi connectivity index (χ2n) is 15.8. The van der Waals surface area contributed by atoms with Crippen molar-refractivity contribution in [1.29, 1.82) is 0 Å². The number of carbonyl (C=O) groups is 6. The molecule has 1 atom stereocenters. The Morgan fingerprint density at radius 3 is 1.53 bits per heavy atom. The highest BCUT2D eigenvalue weighted by Gasteiger charge is 2.26. The van der Waals surface area contributed by atoms with Crippen molar-refractivity contribution in [2.75, 3.05) is 39.3 Å². The van der Waals surface area contributed by atoms with Crippen molar-refractivity contribution in [3.05, 3.63) is 12.7 Å². The summed E-state index contributed by atoms with van der Waals surface area (Å²) in [6.45, 7) is 20.1. The first-order valence-electron chi connectivity index (χ1n) is 18.9. The molecule has 306 valence electrons. The molecule has 53 heavy (non-hydrogen) atoms. The van der Waals surface area contributed by atoms with Gasteiger partial charge in [0.2, 0.25) is 11.8 Å². The monoisotopic (exact) mass is 756 g/mol. The van der Waals surface area contributed by atoms with Crippen LogP contribution in [0.5, 0.6) is 0 Å². The van der Waals surface area contributed by atoms with E-state index >= 15 is 0 Å². The van der Waals surface area contributed by atoms with Gasteiger partial charge in [0.25, 0.3) is 0 Å². The van der Waals surface area contributed by atoms with Crippen LogP contribution in [0.3, 0.4) is 0 Å². The van der Waals surface area contributed by atoms with Gasteiger partial charge in [-0.25, -0.2) is 14.4 Å². The van der Waals surface area contributed by atoms with Crippen LogP contribution in [0.25, 0.3) is 0 Å². The van der Waals surface area contributed by atoms with E-state index in [0.717, 1.165) is 51.4 Å². The van der Waals surface area contributed by atoms with Crippen LogP contribution in [0.15, 0.2) is 12.7 Å². The fraction of sp³-hybridized carbons (Fsp3) is 0.789. The number of hydrogen-bond donors (Lipinski definition) is 4. The Hall–Kier alpha value is -4.04. The van der Waals surface area contributed by atoms with E-state index in [2.05, 4.69) is 27.8 Å². The van der Waals surface area contributed by atoms with Gasteiger partial charge in [-0.2, -0.15) is 0 Å². The fourth-order valence-corrected chi connectivity index (χ4v) is 4.73. The summed E-state index contributed by atoms with van der Waals surface area (Å²) in [5.74, 6) is -0.975. The maximum Gasteiger partial charge on any atom is 0.408 e. The third-order valence-electron chi connectivity index (χ3n) is 7.08. The van der Waals surface area contributed by atoms with E-state index in [1.807, 2.05) is 0 Å². The summed E-state index contributed by atoms with van der Waals surface area (Å²) >= 11 is 0. The normalized spacial score (nSPS) is 12.1. The van der Waals surface area contributed by atoms with Crippen LogP contribution in [0.2, 0.25) is 0 Å². The molecule has 0 heterocycles. The Labute approximate surface area is 317 Å². The minimum atomic E-state index is -1.04. The SMILES string of the molecule is C=CCOC(=O)CCCCCCCCCCNC(=O)C(CCC(=O)N(CCNC(=O)OC(C)(C)C)CCNC(=O)OC(C)(C)C)NC(=O)OC(C)(C)C. The molecule has 1 unspecified atom stereocenters. The lowest BCUT2D eigenvalue weighted by molar-refractivity contribution is -0.142. The molecule has 0 aromatic rings. The molecule has 0 bridgehead atoms. The number of esters is 1. The van der Waals surface area contributed by atoms with E-state index in [1.165, 1.54) is 4.90 Å². The number of ether oxygens (including phenoxy) is 4. The van der Waals surface area contributed by atoms with Crippen molar-refractivity contribution >= 4 is 36.1 Å². The van der Waals surface area contributed by atoms with E-state index in [4.69, 9.17) is 18.9 Å². The van der Waals surface area contributed by atoms with Crippen LogP contribution < -0.4 is 21.3 Å². The molecule has 0 rings (SSSR count). The summed E-state index contributed by atoms with van der Waals surface area (Å²) in [7, 11) is 0. The van der Waals surface area contributed by atoms with Crippen molar-refractivity contribution in [3.63, 3.8) is 0 Å². The van der Waals surface area contributed by atoms with Crippen LogP contribution in [0.1, 0.15) is 133 Å². The molecule has 0 radical (unpaired) electrons. The van der Waals surface area contributed by atoms with Gasteiger partial charge < -0.3 is 45.1 Å². The number of amides is 5. The molecule has 0 fully saturated rings. The van der Waals surface area contributed by atoms with E-state index in [1.54, 1.807) is 68.4 Å². The van der Waals surface area contributed by atoms with E-state index in [0.29, 0.717) is 13.0 Å². The molecular formula is C38H69N5O10. The van der Waals surface area contributed by atoms with Gasteiger partial charge in [-0.3, -0.25) is 14.4 Å². The second kappa shape index (κ2) is 25.9. The maximum absolute atomic E-state index is 13.4. The smallest absolute Gasteiger partial charge is 0.408 e.